The van der Waals surface area contributed by atoms with E-state index in [1.165, 1.54) is 26.2 Å². The number of hydrogen-bond donors (Lipinski definition) is 0. The van der Waals surface area contributed by atoms with Crippen LogP contribution in [0.3, 0.4) is 0 Å². The van der Waals surface area contributed by atoms with E-state index in [1.807, 2.05) is 42.5 Å². The Morgan fingerprint density at radius 2 is 1.77 bits per heavy atom. The lowest BCUT2D eigenvalue weighted by Gasteiger charge is -2.08. The largest absolute Gasteiger partial charge is 0.457 e. The van der Waals surface area contributed by atoms with Crippen LogP contribution in [0.2, 0.25) is 0 Å². The Morgan fingerprint density at radius 1 is 1.04 bits per heavy atom. The second-order valence-corrected chi connectivity index (χ2v) is 8.11. The monoisotopic (exact) mass is 373 g/mol. The molecule has 2 aromatic carbocycles. The number of rotatable bonds is 6. The van der Waals surface area contributed by atoms with Crippen molar-refractivity contribution in [2.45, 2.75) is 18.1 Å². The van der Waals surface area contributed by atoms with Gasteiger partial charge in [-0.1, -0.05) is 42.5 Å². The molecule has 26 heavy (non-hydrogen) atoms. The average molecular weight is 373 g/mol. The molecule has 0 saturated heterocycles. The zero-order chi connectivity index (χ0) is 18.7. The van der Waals surface area contributed by atoms with Gasteiger partial charge < -0.3 is 9.15 Å². The van der Waals surface area contributed by atoms with Gasteiger partial charge in [-0.15, -0.1) is 0 Å². The van der Waals surface area contributed by atoms with E-state index in [9.17, 15) is 13.2 Å². The molecule has 0 aliphatic carbocycles. The molecule has 3 rings (SSSR count). The molecule has 0 aliphatic rings. The fourth-order valence-electron chi connectivity index (χ4n) is 2.47. The third-order valence-corrected chi connectivity index (χ3v) is 5.60. The average Bonchev–Trinajstić information content (AvgIpc) is 3.09. The molecular weight excluding hydrogens is 354 g/mol. The van der Waals surface area contributed by atoms with Gasteiger partial charge in [0.2, 0.25) is 5.09 Å². The Labute approximate surface area is 152 Å². The van der Waals surface area contributed by atoms with E-state index >= 15 is 0 Å². The lowest BCUT2D eigenvalue weighted by atomic mass is 10.1. The van der Waals surface area contributed by atoms with Gasteiger partial charge in [-0.25, -0.2) is 12.7 Å². The number of ether oxygens (including phenoxy) is 1. The molecule has 0 radical (unpaired) electrons. The number of hydrogen-bond acceptors (Lipinski definition) is 5. The Hall–Kier alpha value is -2.64. The third-order valence-electron chi connectivity index (χ3n) is 3.91. The molecule has 0 aliphatic heterocycles. The van der Waals surface area contributed by atoms with Crippen LogP contribution in [0.25, 0.3) is 10.8 Å². The van der Waals surface area contributed by atoms with Crippen LogP contribution in [0.1, 0.15) is 11.3 Å². The van der Waals surface area contributed by atoms with Gasteiger partial charge in [0.15, 0.2) is 0 Å². The standard InChI is InChI=1S/C19H19NO5S/c1-20(2)26(22,23)19-10-9-17(25-19)13-24-18(21)12-14-7-8-15-5-3-4-6-16(15)11-14/h3-11H,12-13H2,1-2H3. The number of furan rings is 1. The molecule has 3 aromatic rings. The molecule has 0 spiro atoms. The van der Waals surface area contributed by atoms with E-state index in [0.29, 0.717) is 0 Å². The normalized spacial score (nSPS) is 11.8. The fraction of sp³-hybridized carbons (Fsp3) is 0.211. The summed E-state index contributed by atoms with van der Waals surface area (Å²) in [6.45, 7) is -0.116. The molecule has 0 amide bonds. The Kier molecular flexibility index (Phi) is 5.11. The Morgan fingerprint density at radius 3 is 2.50 bits per heavy atom. The maximum atomic E-state index is 12.0. The molecule has 1 heterocycles. The van der Waals surface area contributed by atoms with E-state index in [0.717, 1.165) is 20.6 Å². The van der Waals surface area contributed by atoms with Crippen molar-refractivity contribution in [3.63, 3.8) is 0 Å². The number of carbonyl (C=O) groups excluding carboxylic acids is 1. The van der Waals surface area contributed by atoms with E-state index in [1.54, 1.807) is 0 Å². The summed E-state index contributed by atoms with van der Waals surface area (Å²) >= 11 is 0. The van der Waals surface area contributed by atoms with Gasteiger partial charge in [-0.05, 0) is 28.5 Å². The SMILES string of the molecule is CN(C)S(=O)(=O)c1ccc(COC(=O)Cc2ccc3ccccc3c2)o1. The first-order valence-electron chi connectivity index (χ1n) is 8.01. The predicted octanol–water partition coefficient (Wildman–Crippen LogP) is 2.97. The molecule has 0 saturated carbocycles. The topological polar surface area (TPSA) is 76.8 Å². The minimum Gasteiger partial charge on any atom is -0.457 e. The summed E-state index contributed by atoms with van der Waals surface area (Å²) in [4.78, 5) is 12.0. The molecule has 7 heteroatoms. The van der Waals surface area contributed by atoms with E-state index in [-0.39, 0.29) is 23.9 Å². The molecule has 6 nitrogen and oxygen atoms in total. The lowest BCUT2D eigenvalue weighted by Crippen LogP contribution is -2.21. The van der Waals surface area contributed by atoms with Gasteiger partial charge in [-0.3, -0.25) is 4.79 Å². The highest BCUT2D eigenvalue weighted by Gasteiger charge is 2.21. The first kappa shape index (κ1) is 18.2. The molecule has 0 unspecified atom stereocenters. The minimum atomic E-state index is -3.64. The van der Waals surface area contributed by atoms with Crippen LogP contribution < -0.4 is 0 Å². The Balaban J connectivity index is 1.61. The van der Waals surface area contributed by atoms with E-state index in [4.69, 9.17) is 9.15 Å². The van der Waals surface area contributed by atoms with Crippen molar-refractivity contribution in [1.82, 2.24) is 4.31 Å². The summed E-state index contributed by atoms with van der Waals surface area (Å²) in [6, 6.07) is 16.5. The van der Waals surface area contributed by atoms with Crippen LogP contribution in [-0.2, 0) is 32.6 Å². The van der Waals surface area contributed by atoms with Crippen LogP contribution in [-0.4, -0.2) is 32.8 Å². The molecule has 0 N–H and O–H groups in total. The minimum absolute atomic E-state index is 0.116. The first-order valence-corrected chi connectivity index (χ1v) is 9.45. The zero-order valence-corrected chi connectivity index (χ0v) is 15.3. The van der Waals surface area contributed by atoms with Crippen molar-refractivity contribution in [2.24, 2.45) is 0 Å². The van der Waals surface area contributed by atoms with Crippen molar-refractivity contribution in [2.75, 3.05) is 14.1 Å². The van der Waals surface area contributed by atoms with Crippen LogP contribution in [0.5, 0.6) is 0 Å². The van der Waals surface area contributed by atoms with Crippen molar-refractivity contribution in [1.29, 1.82) is 0 Å². The summed E-state index contributed by atoms with van der Waals surface area (Å²) in [7, 11) is -0.802. The maximum Gasteiger partial charge on any atom is 0.310 e. The number of carbonyl (C=O) groups is 1. The van der Waals surface area contributed by atoms with Crippen molar-refractivity contribution < 1.29 is 22.4 Å². The maximum absolute atomic E-state index is 12.0. The van der Waals surface area contributed by atoms with Crippen LogP contribution in [0.15, 0.2) is 64.1 Å². The highest BCUT2D eigenvalue weighted by molar-refractivity contribution is 7.88. The number of fused-ring (bicyclic) bond motifs is 1. The van der Waals surface area contributed by atoms with Crippen molar-refractivity contribution >= 4 is 26.8 Å². The molecule has 136 valence electrons. The van der Waals surface area contributed by atoms with Gasteiger partial charge in [0.05, 0.1) is 6.42 Å². The summed E-state index contributed by atoms with van der Waals surface area (Å²) in [5, 5.41) is 1.99. The highest BCUT2D eigenvalue weighted by atomic mass is 32.2. The van der Waals surface area contributed by atoms with Crippen LogP contribution in [0, 0.1) is 0 Å². The smallest absolute Gasteiger partial charge is 0.310 e. The first-order chi connectivity index (χ1) is 12.4. The quantitative estimate of drug-likeness (QED) is 0.621. The number of sulfonamides is 1. The van der Waals surface area contributed by atoms with Crippen molar-refractivity contribution in [3.05, 3.63) is 65.9 Å². The molecule has 0 atom stereocenters. The lowest BCUT2D eigenvalue weighted by molar-refractivity contribution is -0.144. The number of benzene rings is 2. The van der Waals surface area contributed by atoms with Gasteiger partial charge in [0.1, 0.15) is 12.4 Å². The van der Waals surface area contributed by atoms with E-state index in [2.05, 4.69) is 0 Å². The van der Waals surface area contributed by atoms with E-state index < -0.39 is 16.0 Å². The molecule has 1 aromatic heterocycles. The molecule has 0 fully saturated rings. The second kappa shape index (κ2) is 7.31. The second-order valence-electron chi connectivity index (χ2n) is 6.03. The molecule has 0 bridgehead atoms. The van der Waals surface area contributed by atoms with Gasteiger partial charge >= 0.3 is 5.97 Å². The third kappa shape index (κ3) is 3.95. The molecular formula is C19H19NO5S. The van der Waals surface area contributed by atoms with Crippen LogP contribution >= 0.6 is 0 Å². The predicted molar refractivity (Wildman–Crippen MR) is 97.0 cm³/mol. The summed E-state index contributed by atoms with van der Waals surface area (Å²) in [5.41, 5.74) is 0.851. The van der Waals surface area contributed by atoms with Crippen molar-refractivity contribution in [3.8, 4) is 0 Å². The van der Waals surface area contributed by atoms with Gasteiger partial charge in [0, 0.05) is 14.1 Å². The van der Waals surface area contributed by atoms with Gasteiger partial charge in [-0.2, -0.15) is 0 Å². The van der Waals surface area contributed by atoms with Crippen LogP contribution in [0.4, 0.5) is 0 Å². The number of esters is 1. The zero-order valence-electron chi connectivity index (χ0n) is 14.5. The summed E-state index contributed by atoms with van der Waals surface area (Å²) < 4.78 is 35.4. The summed E-state index contributed by atoms with van der Waals surface area (Å²) in [5.74, 6) is -0.133. The highest BCUT2D eigenvalue weighted by Crippen LogP contribution is 2.18. The summed E-state index contributed by atoms with van der Waals surface area (Å²) in [6.07, 6.45) is 0.133. The Bertz CT molecular complexity index is 1040. The fourth-order valence-corrected chi connectivity index (χ4v) is 3.28. The number of nitrogens with zero attached hydrogens (tertiary/aromatic N) is 1. The van der Waals surface area contributed by atoms with Gasteiger partial charge in [0.25, 0.3) is 10.0 Å².